The highest BCUT2D eigenvalue weighted by atomic mass is 16.7. The van der Waals surface area contributed by atoms with Gasteiger partial charge in [0.1, 0.15) is 18.3 Å². The standard InChI is InChI=1S/C8H15NO6.C7H6O2/c1-3(11)14-8-5(9)7(13)6(12)4(2-10)15-8;8-7(9)6-4-2-1-3-5-6/h4-8,10,12-13H,2,9H2,1H3;1-5H,(H,8,9)/t4-,5-,6-,7-,8?;/m1./s1. The lowest BCUT2D eigenvalue weighted by Crippen LogP contribution is -2.62. The Kier molecular flexibility index (Phi) is 7.75. The lowest BCUT2D eigenvalue weighted by atomic mass is 9.98. The second-order valence-corrected chi connectivity index (χ2v) is 5.06. The highest BCUT2D eigenvalue weighted by Crippen LogP contribution is 2.20. The van der Waals surface area contributed by atoms with Crippen LogP contribution >= 0.6 is 0 Å². The predicted molar refractivity (Wildman–Crippen MR) is 80.9 cm³/mol. The average molecular weight is 343 g/mol. The zero-order valence-corrected chi connectivity index (χ0v) is 13.0. The molecule has 1 aromatic carbocycles. The summed E-state index contributed by atoms with van der Waals surface area (Å²) >= 11 is 0. The number of aromatic carboxylic acids is 1. The molecule has 1 unspecified atom stereocenters. The van der Waals surface area contributed by atoms with Gasteiger partial charge in [-0.05, 0) is 12.1 Å². The fourth-order valence-corrected chi connectivity index (χ4v) is 1.95. The Morgan fingerprint density at radius 2 is 1.79 bits per heavy atom. The molecular formula is C15H21NO8. The first-order valence-electron chi connectivity index (χ1n) is 7.11. The van der Waals surface area contributed by atoms with Gasteiger partial charge in [-0.2, -0.15) is 0 Å². The molecule has 134 valence electrons. The van der Waals surface area contributed by atoms with Crippen LogP contribution in [0.25, 0.3) is 0 Å². The normalized spacial score (nSPS) is 29.1. The molecule has 0 radical (unpaired) electrons. The number of nitrogens with two attached hydrogens (primary N) is 1. The van der Waals surface area contributed by atoms with Gasteiger partial charge in [0.25, 0.3) is 0 Å². The van der Waals surface area contributed by atoms with Crippen molar-refractivity contribution in [3.05, 3.63) is 35.9 Å². The van der Waals surface area contributed by atoms with E-state index in [1.54, 1.807) is 30.3 Å². The van der Waals surface area contributed by atoms with Gasteiger partial charge in [-0.15, -0.1) is 0 Å². The zero-order chi connectivity index (χ0) is 18.3. The van der Waals surface area contributed by atoms with Crippen molar-refractivity contribution in [2.75, 3.05) is 6.61 Å². The molecule has 0 saturated carbocycles. The molecule has 0 aromatic heterocycles. The number of carbonyl (C=O) groups excluding carboxylic acids is 1. The van der Waals surface area contributed by atoms with Gasteiger partial charge < -0.3 is 35.6 Å². The maximum Gasteiger partial charge on any atom is 0.335 e. The largest absolute Gasteiger partial charge is 0.478 e. The van der Waals surface area contributed by atoms with Gasteiger partial charge in [0.15, 0.2) is 0 Å². The van der Waals surface area contributed by atoms with E-state index in [0.717, 1.165) is 0 Å². The molecule has 1 aliphatic rings. The average Bonchev–Trinajstić information content (AvgIpc) is 2.56. The van der Waals surface area contributed by atoms with E-state index in [-0.39, 0.29) is 0 Å². The zero-order valence-electron chi connectivity index (χ0n) is 13.0. The van der Waals surface area contributed by atoms with Crippen LogP contribution in [0.4, 0.5) is 0 Å². The SMILES string of the molecule is CC(=O)OC1O[C@H](CO)[C@@H](O)[C@H](O)[C@H]1N.O=C(O)c1ccccc1. The molecule has 0 spiro atoms. The predicted octanol–water partition coefficient (Wildman–Crippen LogP) is -1.30. The lowest BCUT2D eigenvalue weighted by Gasteiger charge is -2.39. The number of rotatable bonds is 3. The van der Waals surface area contributed by atoms with Crippen LogP contribution in [0.5, 0.6) is 0 Å². The molecule has 9 nitrogen and oxygen atoms in total. The van der Waals surface area contributed by atoms with E-state index < -0.39 is 49.2 Å². The maximum absolute atomic E-state index is 10.7. The Morgan fingerprint density at radius 1 is 1.21 bits per heavy atom. The van der Waals surface area contributed by atoms with Gasteiger partial charge in [-0.1, -0.05) is 18.2 Å². The summed E-state index contributed by atoms with van der Waals surface area (Å²) in [6.45, 7) is 0.671. The van der Waals surface area contributed by atoms with E-state index in [4.69, 9.17) is 20.7 Å². The van der Waals surface area contributed by atoms with Crippen molar-refractivity contribution < 1.29 is 39.5 Å². The Hall–Kier alpha value is -2.04. The number of esters is 1. The smallest absolute Gasteiger partial charge is 0.335 e. The number of hydrogen-bond acceptors (Lipinski definition) is 8. The molecule has 2 rings (SSSR count). The van der Waals surface area contributed by atoms with Crippen LogP contribution in [0.3, 0.4) is 0 Å². The van der Waals surface area contributed by atoms with Crippen molar-refractivity contribution in [2.24, 2.45) is 5.73 Å². The van der Waals surface area contributed by atoms with Crippen molar-refractivity contribution >= 4 is 11.9 Å². The first kappa shape index (κ1) is 20.0. The van der Waals surface area contributed by atoms with Gasteiger partial charge in [0.2, 0.25) is 6.29 Å². The van der Waals surface area contributed by atoms with Gasteiger partial charge in [0.05, 0.1) is 18.2 Å². The number of carbonyl (C=O) groups is 2. The van der Waals surface area contributed by atoms with E-state index in [2.05, 4.69) is 4.74 Å². The summed E-state index contributed by atoms with van der Waals surface area (Å²) in [4.78, 5) is 20.9. The third kappa shape index (κ3) is 5.55. The highest BCUT2D eigenvalue weighted by Gasteiger charge is 2.43. The summed E-state index contributed by atoms with van der Waals surface area (Å²) in [6.07, 6.45) is -4.76. The van der Waals surface area contributed by atoms with Gasteiger partial charge in [0, 0.05) is 6.92 Å². The van der Waals surface area contributed by atoms with Crippen molar-refractivity contribution in [2.45, 2.75) is 37.6 Å². The molecule has 5 atom stereocenters. The fourth-order valence-electron chi connectivity index (χ4n) is 1.95. The first-order chi connectivity index (χ1) is 11.3. The first-order valence-corrected chi connectivity index (χ1v) is 7.11. The molecule has 24 heavy (non-hydrogen) atoms. The minimum atomic E-state index is -1.31. The van der Waals surface area contributed by atoms with Crippen LogP contribution in [-0.2, 0) is 14.3 Å². The van der Waals surface area contributed by atoms with Crippen LogP contribution in [0, 0.1) is 0 Å². The minimum absolute atomic E-state index is 0.331. The highest BCUT2D eigenvalue weighted by molar-refractivity contribution is 5.87. The number of carboxylic acid groups (broad SMARTS) is 1. The molecule has 1 saturated heterocycles. The van der Waals surface area contributed by atoms with Crippen molar-refractivity contribution in [3.63, 3.8) is 0 Å². The monoisotopic (exact) mass is 343 g/mol. The molecule has 0 aliphatic carbocycles. The van der Waals surface area contributed by atoms with Gasteiger partial charge in [-0.3, -0.25) is 4.79 Å². The summed E-state index contributed by atoms with van der Waals surface area (Å²) in [5.74, 6) is -1.49. The van der Waals surface area contributed by atoms with Crippen LogP contribution < -0.4 is 5.73 Å². The summed E-state index contributed by atoms with van der Waals surface area (Å²) < 4.78 is 9.70. The van der Waals surface area contributed by atoms with E-state index in [1.165, 1.54) is 6.92 Å². The molecule has 1 fully saturated rings. The summed E-state index contributed by atoms with van der Waals surface area (Å²) in [5, 5.41) is 36.1. The number of carboxylic acids is 1. The molecule has 6 N–H and O–H groups in total. The summed E-state index contributed by atoms with van der Waals surface area (Å²) in [5.41, 5.74) is 5.82. The molecule has 1 aliphatic heterocycles. The van der Waals surface area contributed by atoms with Crippen LogP contribution in [0.2, 0.25) is 0 Å². The molecule has 0 amide bonds. The van der Waals surface area contributed by atoms with Crippen LogP contribution in [0.15, 0.2) is 30.3 Å². The quantitative estimate of drug-likeness (QED) is 0.420. The Labute approximate surface area is 138 Å². The van der Waals surface area contributed by atoms with Crippen LogP contribution in [-0.4, -0.2) is 69.6 Å². The third-order valence-corrected chi connectivity index (χ3v) is 3.23. The number of hydrogen-bond donors (Lipinski definition) is 5. The maximum atomic E-state index is 10.7. The topological polar surface area (TPSA) is 160 Å². The number of benzene rings is 1. The third-order valence-electron chi connectivity index (χ3n) is 3.23. The molecule has 1 aromatic rings. The number of aliphatic hydroxyl groups is 3. The van der Waals surface area contributed by atoms with Crippen molar-refractivity contribution in [1.29, 1.82) is 0 Å². The van der Waals surface area contributed by atoms with Gasteiger partial charge in [-0.25, -0.2) is 4.79 Å². The van der Waals surface area contributed by atoms with E-state index >= 15 is 0 Å². The Bertz CT molecular complexity index is 536. The fraction of sp³-hybridized carbons (Fsp3) is 0.467. The number of ether oxygens (including phenoxy) is 2. The number of aliphatic hydroxyl groups excluding tert-OH is 3. The molecular weight excluding hydrogens is 322 g/mol. The van der Waals surface area contributed by atoms with Crippen molar-refractivity contribution in [3.8, 4) is 0 Å². The van der Waals surface area contributed by atoms with Crippen molar-refractivity contribution in [1.82, 2.24) is 0 Å². The molecule has 0 bridgehead atoms. The Morgan fingerprint density at radius 3 is 2.21 bits per heavy atom. The second kappa shape index (κ2) is 9.30. The van der Waals surface area contributed by atoms with E-state index in [1.807, 2.05) is 0 Å². The summed E-state index contributed by atoms with van der Waals surface area (Å²) in [6, 6.07) is 7.26. The minimum Gasteiger partial charge on any atom is -0.478 e. The Balaban J connectivity index is 0.000000272. The second-order valence-electron chi connectivity index (χ2n) is 5.06. The van der Waals surface area contributed by atoms with Crippen LogP contribution in [0.1, 0.15) is 17.3 Å². The molecule has 1 heterocycles. The molecule has 9 heteroatoms. The lowest BCUT2D eigenvalue weighted by molar-refractivity contribution is -0.258. The van der Waals surface area contributed by atoms with E-state index in [9.17, 15) is 19.8 Å². The van der Waals surface area contributed by atoms with E-state index in [0.29, 0.717) is 5.56 Å². The van der Waals surface area contributed by atoms with Gasteiger partial charge >= 0.3 is 11.9 Å². The summed E-state index contributed by atoms with van der Waals surface area (Å²) in [7, 11) is 0.